The summed E-state index contributed by atoms with van der Waals surface area (Å²) in [5.41, 5.74) is 3.19. The van der Waals surface area contributed by atoms with Gasteiger partial charge in [-0.05, 0) is 39.2 Å². The zero-order valence-corrected chi connectivity index (χ0v) is 13.3. The van der Waals surface area contributed by atoms with Gasteiger partial charge in [-0.3, -0.25) is 0 Å². The van der Waals surface area contributed by atoms with Gasteiger partial charge in [0.25, 0.3) is 0 Å². The molecule has 0 saturated carbocycles. The lowest BCUT2D eigenvalue weighted by atomic mass is 10.0. The summed E-state index contributed by atoms with van der Waals surface area (Å²) in [6.45, 7) is 0. The molecule has 3 aromatic rings. The van der Waals surface area contributed by atoms with E-state index in [0.717, 1.165) is 21.3 Å². The van der Waals surface area contributed by atoms with Crippen molar-refractivity contribution >= 4 is 39.0 Å². The largest absolute Gasteiger partial charge is 0.339 e. The van der Waals surface area contributed by atoms with Crippen molar-refractivity contribution in [2.45, 2.75) is 0 Å². The van der Waals surface area contributed by atoms with Crippen LogP contribution >= 0.6 is 27.5 Å². The summed E-state index contributed by atoms with van der Waals surface area (Å²) in [5.74, 6) is 0.637. The number of aromatic nitrogens is 2. The van der Waals surface area contributed by atoms with E-state index in [-0.39, 0.29) is 5.28 Å². The van der Waals surface area contributed by atoms with E-state index >= 15 is 0 Å². The summed E-state index contributed by atoms with van der Waals surface area (Å²) < 4.78 is 0.759. The van der Waals surface area contributed by atoms with E-state index in [1.54, 1.807) is 6.20 Å². The Labute approximate surface area is 136 Å². The lowest BCUT2D eigenvalue weighted by Gasteiger charge is -2.12. The maximum Gasteiger partial charge on any atom is 0.224 e. The average molecular weight is 361 g/mol. The van der Waals surface area contributed by atoms with Gasteiger partial charge in [-0.1, -0.05) is 48.5 Å². The third-order valence-electron chi connectivity index (χ3n) is 2.98. The van der Waals surface area contributed by atoms with E-state index < -0.39 is 0 Å². The maximum atomic E-state index is 5.86. The fourth-order valence-electron chi connectivity index (χ4n) is 2.02. The first kappa shape index (κ1) is 14.0. The van der Waals surface area contributed by atoms with Crippen LogP contribution < -0.4 is 5.32 Å². The molecule has 0 aliphatic rings. The van der Waals surface area contributed by atoms with E-state index in [1.165, 1.54) is 0 Å². The number of rotatable bonds is 3. The maximum absolute atomic E-state index is 5.86. The molecule has 3 nitrogen and oxygen atoms in total. The lowest BCUT2D eigenvalue weighted by Crippen LogP contribution is -1.98. The monoisotopic (exact) mass is 359 g/mol. The highest BCUT2D eigenvalue weighted by Crippen LogP contribution is 2.31. The van der Waals surface area contributed by atoms with Crippen LogP contribution in [0.3, 0.4) is 0 Å². The molecule has 1 heterocycles. The van der Waals surface area contributed by atoms with Crippen LogP contribution in [-0.2, 0) is 0 Å². The van der Waals surface area contributed by atoms with Crippen LogP contribution in [0, 0.1) is 0 Å². The number of anilines is 2. The normalized spacial score (nSPS) is 10.4. The van der Waals surface area contributed by atoms with Crippen molar-refractivity contribution in [1.82, 2.24) is 9.97 Å². The third-order valence-corrected chi connectivity index (χ3v) is 3.74. The van der Waals surface area contributed by atoms with Gasteiger partial charge in [-0.25, -0.2) is 4.98 Å². The van der Waals surface area contributed by atoms with Crippen LogP contribution in [0.5, 0.6) is 0 Å². The second kappa shape index (κ2) is 6.24. The Kier molecular flexibility index (Phi) is 4.18. The molecule has 0 saturated heterocycles. The molecular weight excluding hydrogens is 350 g/mol. The lowest BCUT2D eigenvalue weighted by molar-refractivity contribution is 1.15. The zero-order chi connectivity index (χ0) is 14.7. The minimum Gasteiger partial charge on any atom is -0.339 e. The van der Waals surface area contributed by atoms with Gasteiger partial charge in [-0.15, -0.1) is 0 Å². The topological polar surface area (TPSA) is 37.8 Å². The smallest absolute Gasteiger partial charge is 0.224 e. The van der Waals surface area contributed by atoms with Gasteiger partial charge < -0.3 is 5.32 Å². The predicted molar refractivity (Wildman–Crippen MR) is 89.9 cm³/mol. The second-order valence-corrected chi connectivity index (χ2v) is 5.56. The van der Waals surface area contributed by atoms with Gasteiger partial charge in [0.2, 0.25) is 5.28 Å². The van der Waals surface area contributed by atoms with Crippen LogP contribution in [0.4, 0.5) is 11.5 Å². The number of nitrogens with zero attached hydrogens (tertiary/aromatic N) is 2. The molecule has 0 unspecified atom stereocenters. The molecule has 1 N–H and O–H groups in total. The molecule has 0 amide bonds. The molecule has 1 aromatic heterocycles. The number of hydrogen-bond acceptors (Lipinski definition) is 3. The Bertz CT molecular complexity index is 762. The third kappa shape index (κ3) is 3.23. The van der Waals surface area contributed by atoms with Crippen LogP contribution in [0.15, 0.2) is 65.3 Å². The Morgan fingerprint density at radius 1 is 0.952 bits per heavy atom. The van der Waals surface area contributed by atoms with E-state index in [9.17, 15) is 0 Å². The van der Waals surface area contributed by atoms with Crippen LogP contribution in [0.2, 0.25) is 5.28 Å². The Hall–Kier alpha value is -1.91. The fourth-order valence-corrected chi connectivity index (χ4v) is 2.45. The highest BCUT2D eigenvalue weighted by molar-refractivity contribution is 9.10. The number of halogens is 2. The summed E-state index contributed by atoms with van der Waals surface area (Å²) in [5, 5.41) is 3.50. The Morgan fingerprint density at radius 3 is 2.48 bits per heavy atom. The number of benzene rings is 2. The van der Waals surface area contributed by atoms with Gasteiger partial charge in [0.05, 0.1) is 4.47 Å². The molecule has 5 heteroatoms. The minimum absolute atomic E-state index is 0.206. The molecule has 2 aromatic carbocycles. The predicted octanol–water partition coefficient (Wildman–Crippen LogP) is 5.30. The molecule has 0 bridgehead atoms. The second-order valence-electron chi connectivity index (χ2n) is 4.37. The summed E-state index contributed by atoms with van der Waals surface area (Å²) >= 11 is 9.28. The number of para-hydroxylation sites is 1. The average Bonchev–Trinajstić information content (AvgIpc) is 2.52. The van der Waals surface area contributed by atoms with Crippen molar-refractivity contribution in [2.75, 3.05) is 5.32 Å². The highest BCUT2D eigenvalue weighted by atomic mass is 79.9. The summed E-state index contributed by atoms with van der Waals surface area (Å²) in [6, 6.07) is 18.2. The summed E-state index contributed by atoms with van der Waals surface area (Å²) in [6.07, 6.45) is 1.63. The molecule has 0 atom stereocenters. The van der Waals surface area contributed by atoms with Gasteiger partial charge in [0, 0.05) is 17.4 Å². The van der Waals surface area contributed by atoms with Gasteiger partial charge in [0.15, 0.2) is 0 Å². The number of hydrogen-bond donors (Lipinski definition) is 1. The molecule has 0 spiro atoms. The molecular formula is C16H11BrClN3. The van der Waals surface area contributed by atoms with Crippen molar-refractivity contribution in [2.24, 2.45) is 0 Å². The fraction of sp³-hybridized carbons (Fsp3) is 0. The Balaban J connectivity index is 2.02. The molecule has 0 aliphatic heterocycles. The first-order valence-corrected chi connectivity index (χ1v) is 7.50. The first-order chi connectivity index (χ1) is 10.2. The van der Waals surface area contributed by atoms with Crippen molar-refractivity contribution in [3.8, 4) is 11.1 Å². The Morgan fingerprint density at radius 2 is 1.67 bits per heavy atom. The summed E-state index contributed by atoms with van der Waals surface area (Å²) in [4.78, 5) is 8.13. The van der Waals surface area contributed by atoms with Crippen LogP contribution in [-0.4, -0.2) is 9.97 Å². The first-order valence-electron chi connectivity index (χ1n) is 6.33. The minimum atomic E-state index is 0.206. The van der Waals surface area contributed by atoms with Crippen molar-refractivity contribution < 1.29 is 0 Å². The van der Waals surface area contributed by atoms with Crippen LogP contribution in [0.1, 0.15) is 0 Å². The van der Waals surface area contributed by atoms with Crippen LogP contribution in [0.25, 0.3) is 11.1 Å². The standard InChI is InChI=1S/C16H11BrClN3/c17-13-10-19-16(18)21-15(13)20-14-9-5-4-8-12(14)11-6-2-1-3-7-11/h1-10H,(H,19,20,21). The number of nitrogens with one attached hydrogen (secondary N) is 1. The molecule has 0 aliphatic carbocycles. The van der Waals surface area contributed by atoms with Gasteiger partial charge >= 0.3 is 0 Å². The SMILES string of the molecule is Clc1ncc(Br)c(Nc2ccccc2-c2ccccc2)n1. The summed E-state index contributed by atoms with van der Waals surface area (Å²) in [7, 11) is 0. The van der Waals surface area contributed by atoms with E-state index in [1.807, 2.05) is 36.4 Å². The van der Waals surface area contributed by atoms with E-state index in [4.69, 9.17) is 11.6 Å². The van der Waals surface area contributed by atoms with Gasteiger partial charge in [0.1, 0.15) is 5.82 Å². The van der Waals surface area contributed by atoms with E-state index in [0.29, 0.717) is 5.82 Å². The quantitative estimate of drug-likeness (QED) is 0.644. The van der Waals surface area contributed by atoms with E-state index in [2.05, 4.69) is 49.4 Å². The van der Waals surface area contributed by atoms with Crippen molar-refractivity contribution in [1.29, 1.82) is 0 Å². The molecule has 0 fully saturated rings. The molecule has 104 valence electrons. The van der Waals surface area contributed by atoms with Gasteiger partial charge in [-0.2, -0.15) is 4.98 Å². The van der Waals surface area contributed by atoms with Crippen molar-refractivity contribution in [3.63, 3.8) is 0 Å². The molecule has 3 rings (SSSR count). The molecule has 0 radical (unpaired) electrons. The zero-order valence-electron chi connectivity index (χ0n) is 10.9. The highest BCUT2D eigenvalue weighted by Gasteiger charge is 2.08. The molecule has 21 heavy (non-hydrogen) atoms. The van der Waals surface area contributed by atoms with Crippen molar-refractivity contribution in [3.05, 3.63) is 70.6 Å².